The fourth-order valence-corrected chi connectivity index (χ4v) is 2.03. The first kappa shape index (κ1) is 17.5. The largest absolute Gasteiger partial charge is 0.490 e. The van der Waals surface area contributed by atoms with Gasteiger partial charge in [0.15, 0.2) is 0 Å². The van der Waals surface area contributed by atoms with E-state index in [2.05, 4.69) is 5.32 Å². The van der Waals surface area contributed by atoms with Crippen LogP contribution in [0.2, 0.25) is 0 Å². The molecule has 126 valence electrons. The van der Waals surface area contributed by atoms with Gasteiger partial charge in [0.1, 0.15) is 12.4 Å². The van der Waals surface area contributed by atoms with Crippen LogP contribution in [0.15, 0.2) is 48.5 Å². The highest BCUT2D eigenvalue weighted by Gasteiger charge is 2.12. The number of carbonyl (C=O) groups is 2. The molecule has 2 rings (SSSR count). The maximum Gasteiger partial charge on any atom is 0.335 e. The summed E-state index contributed by atoms with van der Waals surface area (Å²) >= 11 is 0. The molecule has 0 atom stereocenters. The Hall–Kier alpha value is -2.86. The van der Waals surface area contributed by atoms with E-state index in [9.17, 15) is 9.59 Å². The van der Waals surface area contributed by atoms with Crippen LogP contribution in [0.3, 0.4) is 0 Å². The fraction of sp³-hybridized carbons (Fsp3) is 0.222. The molecule has 0 aliphatic carbocycles. The monoisotopic (exact) mass is 329 g/mol. The number of hydrogen-bond acceptors (Lipinski definition) is 4. The summed E-state index contributed by atoms with van der Waals surface area (Å²) in [7, 11) is 0. The van der Waals surface area contributed by atoms with Crippen molar-refractivity contribution in [2.45, 2.75) is 6.92 Å². The third-order valence-corrected chi connectivity index (χ3v) is 3.21. The number of para-hydroxylation sites is 1. The zero-order chi connectivity index (χ0) is 17.4. The van der Waals surface area contributed by atoms with Gasteiger partial charge >= 0.3 is 5.97 Å². The van der Waals surface area contributed by atoms with E-state index in [4.69, 9.17) is 14.6 Å². The third kappa shape index (κ3) is 4.82. The molecular formula is C18H19NO5. The molecule has 2 aromatic carbocycles. The molecule has 6 nitrogen and oxygen atoms in total. The number of benzene rings is 2. The van der Waals surface area contributed by atoms with Gasteiger partial charge in [-0.1, -0.05) is 12.1 Å². The molecule has 0 saturated carbocycles. The van der Waals surface area contributed by atoms with E-state index >= 15 is 0 Å². The van der Waals surface area contributed by atoms with Gasteiger partial charge < -0.3 is 19.9 Å². The summed E-state index contributed by atoms with van der Waals surface area (Å²) in [6.07, 6.45) is 0. The molecule has 0 spiro atoms. The predicted octanol–water partition coefficient (Wildman–Crippen LogP) is 3.05. The summed E-state index contributed by atoms with van der Waals surface area (Å²) in [6.45, 7) is 3.31. The standard InChI is InChI=1S/C18H19NO5/c1-2-23-11-12-24-16-6-4-3-5-15(16)17(20)19-14-9-7-13(8-10-14)18(21)22/h3-10H,2,11-12H2,1H3,(H,19,20)(H,21,22). The number of carboxylic acids is 1. The lowest BCUT2D eigenvalue weighted by Gasteiger charge is -2.12. The van der Waals surface area contributed by atoms with E-state index < -0.39 is 5.97 Å². The number of aromatic carboxylic acids is 1. The molecule has 24 heavy (non-hydrogen) atoms. The molecule has 0 aliphatic rings. The lowest BCUT2D eigenvalue weighted by molar-refractivity contribution is 0.0696. The van der Waals surface area contributed by atoms with Gasteiger partial charge in [0.25, 0.3) is 5.91 Å². The first-order valence-electron chi connectivity index (χ1n) is 7.56. The van der Waals surface area contributed by atoms with Crippen molar-refractivity contribution in [1.29, 1.82) is 0 Å². The van der Waals surface area contributed by atoms with Crippen molar-refractivity contribution in [2.75, 3.05) is 25.1 Å². The van der Waals surface area contributed by atoms with Crippen molar-refractivity contribution in [1.82, 2.24) is 0 Å². The Bertz CT molecular complexity index is 697. The number of ether oxygens (including phenoxy) is 2. The molecule has 6 heteroatoms. The Morgan fingerprint density at radius 3 is 2.42 bits per heavy atom. The Morgan fingerprint density at radius 1 is 1.04 bits per heavy atom. The third-order valence-electron chi connectivity index (χ3n) is 3.21. The summed E-state index contributed by atoms with van der Waals surface area (Å²) in [5, 5.41) is 11.6. The highest BCUT2D eigenvalue weighted by molar-refractivity contribution is 6.06. The summed E-state index contributed by atoms with van der Waals surface area (Å²) in [5.41, 5.74) is 1.07. The van der Waals surface area contributed by atoms with Gasteiger partial charge in [-0.15, -0.1) is 0 Å². The van der Waals surface area contributed by atoms with E-state index in [-0.39, 0.29) is 11.5 Å². The molecular weight excluding hydrogens is 310 g/mol. The molecule has 0 fully saturated rings. The van der Waals surface area contributed by atoms with E-state index in [1.807, 2.05) is 6.92 Å². The van der Waals surface area contributed by atoms with Crippen LogP contribution in [0.25, 0.3) is 0 Å². The quantitative estimate of drug-likeness (QED) is 0.727. The number of hydrogen-bond donors (Lipinski definition) is 2. The first-order valence-corrected chi connectivity index (χ1v) is 7.56. The Morgan fingerprint density at radius 2 is 1.75 bits per heavy atom. The van der Waals surface area contributed by atoms with Crippen molar-refractivity contribution in [2.24, 2.45) is 0 Å². The lowest BCUT2D eigenvalue weighted by Crippen LogP contribution is -2.15. The summed E-state index contributed by atoms with van der Waals surface area (Å²) in [4.78, 5) is 23.2. The van der Waals surface area contributed by atoms with Crippen LogP contribution in [0.5, 0.6) is 5.75 Å². The number of anilines is 1. The van der Waals surface area contributed by atoms with E-state index in [1.165, 1.54) is 12.1 Å². The van der Waals surface area contributed by atoms with E-state index in [1.54, 1.807) is 36.4 Å². The van der Waals surface area contributed by atoms with Crippen LogP contribution in [-0.4, -0.2) is 36.8 Å². The van der Waals surface area contributed by atoms with Crippen molar-refractivity contribution in [3.05, 3.63) is 59.7 Å². The predicted molar refractivity (Wildman–Crippen MR) is 89.8 cm³/mol. The van der Waals surface area contributed by atoms with Crippen molar-refractivity contribution in [3.8, 4) is 5.75 Å². The van der Waals surface area contributed by atoms with Crippen molar-refractivity contribution < 1.29 is 24.2 Å². The number of carboxylic acid groups (broad SMARTS) is 1. The molecule has 2 N–H and O–H groups in total. The summed E-state index contributed by atoms with van der Waals surface area (Å²) in [6, 6.07) is 12.9. The van der Waals surface area contributed by atoms with E-state index in [0.29, 0.717) is 36.8 Å². The number of carbonyl (C=O) groups excluding carboxylic acids is 1. The van der Waals surface area contributed by atoms with Gasteiger partial charge in [-0.3, -0.25) is 4.79 Å². The maximum absolute atomic E-state index is 12.4. The van der Waals surface area contributed by atoms with Crippen molar-refractivity contribution in [3.63, 3.8) is 0 Å². The van der Waals surface area contributed by atoms with Crippen LogP contribution < -0.4 is 10.1 Å². The molecule has 0 saturated heterocycles. The minimum atomic E-state index is -1.01. The Kier molecular flexibility index (Phi) is 6.33. The van der Waals surface area contributed by atoms with Gasteiger partial charge in [-0.25, -0.2) is 4.79 Å². The van der Waals surface area contributed by atoms with Crippen LogP contribution >= 0.6 is 0 Å². The molecule has 1 amide bonds. The summed E-state index contributed by atoms with van der Waals surface area (Å²) < 4.78 is 10.8. The van der Waals surface area contributed by atoms with Crippen LogP contribution in [0, 0.1) is 0 Å². The maximum atomic E-state index is 12.4. The topological polar surface area (TPSA) is 84.9 Å². The Balaban J connectivity index is 2.05. The average molecular weight is 329 g/mol. The normalized spacial score (nSPS) is 10.2. The highest BCUT2D eigenvalue weighted by atomic mass is 16.5. The zero-order valence-corrected chi connectivity index (χ0v) is 13.3. The zero-order valence-electron chi connectivity index (χ0n) is 13.3. The van der Waals surface area contributed by atoms with Crippen molar-refractivity contribution >= 4 is 17.6 Å². The fourth-order valence-electron chi connectivity index (χ4n) is 2.03. The lowest BCUT2D eigenvalue weighted by atomic mass is 10.1. The van der Waals surface area contributed by atoms with Crippen LogP contribution in [-0.2, 0) is 4.74 Å². The minimum absolute atomic E-state index is 0.160. The van der Waals surface area contributed by atoms with Gasteiger partial charge in [-0.2, -0.15) is 0 Å². The van der Waals surface area contributed by atoms with Gasteiger partial charge in [0, 0.05) is 12.3 Å². The number of amides is 1. The molecule has 2 aromatic rings. The second kappa shape index (κ2) is 8.69. The van der Waals surface area contributed by atoms with Gasteiger partial charge in [0.05, 0.1) is 17.7 Å². The molecule has 0 aromatic heterocycles. The van der Waals surface area contributed by atoms with Gasteiger partial charge in [0.2, 0.25) is 0 Å². The molecule has 0 radical (unpaired) electrons. The molecule has 0 unspecified atom stereocenters. The first-order chi connectivity index (χ1) is 11.6. The summed E-state index contributed by atoms with van der Waals surface area (Å²) in [5.74, 6) is -0.872. The molecule has 0 heterocycles. The van der Waals surface area contributed by atoms with Gasteiger partial charge in [-0.05, 0) is 43.3 Å². The van der Waals surface area contributed by atoms with E-state index in [0.717, 1.165) is 0 Å². The molecule has 0 aliphatic heterocycles. The second-order valence-electron chi connectivity index (χ2n) is 4.88. The smallest absolute Gasteiger partial charge is 0.335 e. The second-order valence-corrected chi connectivity index (χ2v) is 4.88. The molecule has 0 bridgehead atoms. The van der Waals surface area contributed by atoms with Crippen LogP contribution in [0.1, 0.15) is 27.6 Å². The van der Waals surface area contributed by atoms with Crippen LogP contribution in [0.4, 0.5) is 5.69 Å². The number of nitrogens with one attached hydrogen (secondary N) is 1. The minimum Gasteiger partial charge on any atom is -0.490 e. The SMILES string of the molecule is CCOCCOc1ccccc1C(=O)Nc1ccc(C(=O)O)cc1. The average Bonchev–Trinajstić information content (AvgIpc) is 2.59. The Labute approximate surface area is 140 Å². The number of rotatable bonds is 8. The highest BCUT2D eigenvalue weighted by Crippen LogP contribution is 2.20.